The fraction of sp³-hybridized carbons (Fsp3) is 0.0455. The summed E-state index contributed by atoms with van der Waals surface area (Å²) in [4.78, 5) is 11.2. The minimum Gasteiger partial charge on any atom is -1.00 e. The lowest BCUT2D eigenvalue weighted by Gasteiger charge is -2.29. The summed E-state index contributed by atoms with van der Waals surface area (Å²) in [5.41, 5.74) is 0.390. The smallest absolute Gasteiger partial charge is 0.260 e. The lowest BCUT2D eigenvalue weighted by molar-refractivity contribution is -0.118. The van der Waals surface area contributed by atoms with Gasteiger partial charge in [-0.25, -0.2) is 0 Å². The van der Waals surface area contributed by atoms with E-state index in [0.717, 1.165) is 15.9 Å². The number of benzene rings is 3. The topological polar surface area (TPSA) is 29.1 Å². The Bertz CT molecular complexity index is 897. The number of rotatable bonds is 6. The Hall–Kier alpha value is -1.25. The number of carbonyl (C=O) groups excluding carboxylic acids is 1. The van der Waals surface area contributed by atoms with Crippen LogP contribution in [0.3, 0.4) is 0 Å². The van der Waals surface area contributed by atoms with E-state index < -0.39 is 18.0 Å². The minimum absolute atomic E-state index is 0. The van der Waals surface area contributed by atoms with E-state index >= 15 is 0 Å². The van der Waals surface area contributed by atoms with Gasteiger partial charge < -0.3 is 12.4 Å². The standard InChI is InChI=1S/C22H16Cl4NOP.ClH/c23-19(24)21(28)27-22(20(25)26)29(16-10-4-1-5-11-16,17-12-6-2-7-13-17)18-14-8-3-9-15-18;/h1-15,19H;1H. The Morgan fingerprint density at radius 2 is 1.03 bits per heavy atom. The molecule has 3 aromatic rings. The Balaban J connectivity index is 0.00000320. The van der Waals surface area contributed by atoms with Crippen LogP contribution >= 0.6 is 53.7 Å². The highest BCUT2D eigenvalue weighted by molar-refractivity contribution is 7.99. The van der Waals surface area contributed by atoms with E-state index in [2.05, 4.69) is 5.32 Å². The molecule has 0 aliphatic heterocycles. The fourth-order valence-corrected chi connectivity index (χ4v) is 8.24. The quantitative estimate of drug-likeness (QED) is 0.394. The average molecular weight is 520 g/mol. The molecule has 0 fully saturated rings. The van der Waals surface area contributed by atoms with E-state index in [-0.39, 0.29) is 16.9 Å². The predicted octanol–water partition coefficient (Wildman–Crippen LogP) is 2.51. The van der Waals surface area contributed by atoms with Crippen molar-refractivity contribution >= 4 is 75.5 Å². The zero-order valence-electron chi connectivity index (χ0n) is 15.5. The van der Waals surface area contributed by atoms with Crippen LogP contribution in [0.15, 0.2) is 101 Å². The molecule has 2 nitrogen and oxygen atoms in total. The first kappa shape index (κ1) is 25.0. The molecule has 156 valence electrons. The van der Waals surface area contributed by atoms with Crippen LogP contribution in [-0.2, 0) is 4.79 Å². The van der Waals surface area contributed by atoms with Crippen molar-refractivity contribution in [2.75, 3.05) is 0 Å². The largest absolute Gasteiger partial charge is 1.00 e. The molecule has 3 aromatic carbocycles. The van der Waals surface area contributed by atoms with Gasteiger partial charge >= 0.3 is 0 Å². The molecule has 0 saturated heterocycles. The number of hydrogen-bond donors (Lipinski definition) is 1. The van der Waals surface area contributed by atoms with Gasteiger partial charge in [-0.3, -0.25) is 10.1 Å². The Morgan fingerprint density at radius 3 is 1.30 bits per heavy atom. The van der Waals surface area contributed by atoms with E-state index in [1.54, 1.807) is 0 Å². The van der Waals surface area contributed by atoms with Crippen LogP contribution in [0.4, 0.5) is 0 Å². The fourth-order valence-electron chi connectivity index (χ4n) is 3.22. The van der Waals surface area contributed by atoms with E-state index in [4.69, 9.17) is 46.4 Å². The number of halogens is 5. The first-order valence-corrected chi connectivity index (χ1v) is 12.1. The molecule has 1 amide bonds. The second-order valence-corrected chi connectivity index (χ2v) is 11.5. The third-order valence-corrected chi connectivity index (χ3v) is 9.65. The van der Waals surface area contributed by atoms with Crippen molar-refractivity contribution in [1.82, 2.24) is 5.32 Å². The average Bonchev–Trinajstić information content (AvgIpc) is 2.75. The van der Waals surface area contributed by atoms with Crippen molar-refractivity contribution in [3.05, 3.63) is 101 Å². The van der Waals surface area contributed by atoms with Crippen LogP contribution in [0.5, 0.6) is 0 Å². The molecule has 0 aliphatic rings. The molecule has 0 radical (unpaired) electrons. The second-order valence-electron chi connectivity index (χ2n) is 6.08. The summed E-state index contributed by atoms with van der Waals surface area (Å²) in [6, 6.07) is 29.6. The van der Waals surface area contributed by atoms with Crippen LogP contribution in [0, 0.1) is 0 Å². The third-order valence-electron chi connectivity index (χ3n) is 4.38. The number of alkyl halides is 2. The van der Waals surface area contributed by atoms with Gasteiger partial charge in [-0.05, 0) is 36.4 Å². The third kappa shape index (κ3) is 5.14. The van der Waals surface area contributed by atoms with Gasteiger partial charge in [0.15, 0.2) is 16.6 Å². The summed E-state index contributed by atoms with van der Waals surface area (Å²) >= 11 is 24.4. The lowest BCUT2D eigenvalue weighted by Crippen LogP contribution is -3.00. The maximum Gasteiger partial charge on any atom is 0.260 e. The van der Waals surface area contributed by atoms with Crippen molar-refractivity contribution in [3.8, 4) is 0 Å². The van der Waals surface area contributed by atoms with Gasteiger partial charge in [0.2, 0.25) is 5.44 Å². The SMILES string of the molecule is O=C(NC(=C(Cl)Cl)[P+](c1ccccc1)(c1ccccc1)c1ccccc1)C(Cl)Cl.[Cl-]. The number of hydrogen-bond acceptors (Lipinski definition) is 1. The molecule has 0 atom stereocenters. The minimum atomic E-state index is -2.65. The van der Waals surface area contributed by atoms with Gasteiger partial charge in [0, 0.05) is 0 Å². The van der Waals surface area contributed by atoms with Gasteiger partial charge in [-0.15, -0.1) is 0 Å². The Kier molecular flexibility index (Phi) is 9.50. The highest BCUT2D eigenvalue weighted by Gasteiger charge is 2.52. The van der Waals surface area contributed by atoms with Crippen LogP contribution in [0.25, 0.3) is 0 Å². The van der Waals surface area contributed by atoms with Crippen LogP contribution in [0.1, 0.15) is 0 Å². The number of carbonyl (C=O) groups is 1. The van der Waals surface area contributed by atoms with Gasteiger partial charge in [0.25, 0.3) is 5.91 Å². The van der Waals surface area contributed by atoms with E-state index in [1.807, 2.05) is 91.0 Å². The van der Waals surface area contributed by atoms with E-state index in [1.165, 1.54) is 0 Å². The molecule has 1 N–H and O–H groups in total. The van der Waals surface area contributed by atoms with E-state index in [9.17, 15) is 4.79 Å². The molecule has 30 heavy (non-hydrogen) atoms. The molecule has 0 saturated carbocycles. The molecule has 0 spiro atoms. The monoisotopic (exact) mass is 517 g/mol. The molecule has 3 rings (SSSR count). The summed E-state index contributed by atoms with van der Waals surface area (Å²) in [7, 11) is -2.65. The van der Waals surface area contributed by atoms with Gasteiger partial charge in [-0.1, -0.05) is 101 Å². The number of nitrogens with one attached hydrogen (secondary N) is 1. The van der Waals surface area contributed by atoms with Crippen LogP contribution in [-0.4, -0.2) is 10.7 Å². The van der Waals surface area contributed by atoms with Gasteiger partial charge in [0.1, 0.15) is 15.9 Å². The molecule has 0 aromatic heterocycles. The normalized spacial score (nSPS) is 10.8. The first-order valence-electron chi connectivity index (χ1n) is 8.68. The Morgan fingerprint density at radius 1 is 0.700 bits per heavy atom. The summed E-state index contributed by atoms with van der Waals surface area (Å²) in [6.07, 6.45) is 0. The highest BCUT2D eigenvalue weighted by atomic mass is 35.5. The second kappa shape index (κ2) is 11.4. The van der Waals surface area contributed by atoms with Crippen molar-refractivity contribution in [1.29, 1.82) is 0 Å². The lowest BCUT2D eigenvalue weighted by atomic mass is 10.4. The zero-order valence-corrected chi connectivity index (χ0v) is 20.2. The summed E-state index contributed by atoms with van der Waals surface area (Å²) in [5, 5.41) is 5.75. The molecule has 8 heteroatoms. The molecule has 0 unspecified atom stereocenters. The maximum absolute atomic E-state index is 12.5. The van der Waals surface area contributed by atoms with Crippen LogP contribution < -0.4 is 33.6 Å². The molecule has 0 aliphatic carbocycles. The first-order chi connectivity index (χ1) is 14.0. The van der Waals surface area contributed by atoms with Crippen molar-refractivity contribution < 1.29 is 17.2 Å². The van der Waals surface area contributed by atoms with Crippen molar-refractivity contribution in [2.24, 2.45) is 0 Å². The van der Waals surface area contributed by atoms with E-state index in [0.29, 0.717) is 5.44 Å². The molecule has 0 heterocycles. The van der Waals surface area contributed by atoms with Crippen molar-refractivity contribution in [2.45, 2.75) is 4.84 Å². The van der Waals surface area contributed by atoms with Crippen molar-refractivity contribution in [3.63, 3.8) is 0 Å². The molecular weight excluding hydrogens is 502 g/mol. The van der Waals surface area contributed by atoms with Gasteiger partial charge in [-0.2, -0.15) is 0 Å². The van der Waals surface area contributed by atoms with Crippen LogP contribution in [0.2, 0.25) is 0 Å². The number of amides is 1. The summed E-state index contributed by atoms with van der Waals surface area (Å²) in [6.45, 7) is 0. The Labute approximate surface area is 202 Å². The zero-order chi connectivity index (χ0) is 20.9. The highest BCUT2D eigenvalue weighted by Crippen LogP contribution is 2.63. The predicted molar refractivity (Wildman–Crippen MR) is 128 cm³/mol. The van der Waals surface area contributed by atoms with Gasteiger partial charge in [0.05, 0.1) is 0 Å². The summed E-state index contributed by atoms with van der Waals surface area (Å²) in [5.74, 6) is -0.589. The maximum atomic E-state index is 12.5. The molecule has 0 bridgehead atoms. The summed E-state index contributed by atoms with van der Waals surface area (Å²) < 4.78 is -0.0442. The molecular formula is C22H17Cl5NOP.